The van der Waals surface area contributed by atoms with Gasteiger partial charge in [-0.1, -0.05) is 12.1 Å². The molecule has 1 aliphatic carbocycles. The fraction of sp³-hybridized carbons (Fsp3) is 0.556. The Kier molecular flexibility index (Phi) is 7.74. The van der Waals surface area contributed by atoms with Gasteiger partial charge in [-0.3, -0.25) is 9.36 Å². The molecule has 4 heterocycles. The number of para-hydroxylation sites is 2. The first-order valence-corrected chi connectivity index (χ1v) is 13.8. The molecule has 0 bridgehead atoms. The molecular formula is C27H32F3N7O3. The highest BCUT2D eigenvalue weighted by Crippen LogP contribution is 2.31. The van der Waals surface area contributed by atoms with Gasteiger partial charge in [0.15, 0.2) is 5.82 Å². The Hall–Kier alpha value is -3.45. The number of hydrogen-bond acceptors (Lipinski definition) is 8. The smallest absolute Gasteiger partial charge is 0.296 e. The number of alkyl halides is 3. The summed E-state index contributed by atoms with van der Waals surface area (Å²) in [5, 5.41) is 5.95. The van der Waals surface area contributed by atoms with Gasteiger partial charge in [0.25, 0.3) is 6.43 Å². The number of rotatable bonds is 7. The van der Waals surface area contributed by atoms with Crippen LogP contribution < -0.4 is 20.3 Å². The quantitative estimate of drug-likeness (QED) is 0.455. The fourth-order valence-corrected chi connectivity index (χ4v) is 5.60. The molecule has 2 aromatic heterocycles. The molecule has 6 rings (SSSR count). The van der Waals surface area contributed by atoms with Crippen molar-refractivity contribution in [3.8, 4) is 11.7 Å². The second kappa shape index (κ2) is 11.6. The van der Waals surface area contributed by atoms with Crippen molar-refractivity contribution >= 4 is 22.9 Å². The minimum absolute atomic E-state index is 0.0106. The van der Waals surface area contributed by atoms with E-state index in [2.05, 4.69) is 25.6 Å². The number of benzene rings is 1. The standard InChI is InChI=1S/C27H32F3N7O3/c28-16-13-20(31-15-16)26(38)32-17-5-7-18(8-6-17)40-23-14-22(34-27(35-23)36-9-11-39-12-10-36)37-21-4-2-1-3-19(21)33-25(37)24(29)30/h1-4,14,16-18,20,24,31H,5-13,15H2,(H,32,38)/t16-,17-,18-,20+/m1/s1. The molecule has 2 saturated heterocycles. The molecule has 1 aromatic carbocycles. The number of aromatic nitrogens is 4. The Bertz CT molecular complexity index is 1340. The summed E-state index contributed by atoms with van der Waals surface area (Å²) < 4.78 is 54.8. The molecule has 214 valence electrons. The molecule has 3 fully saturated rings. The molecule has 40 heavy (non-hydrogen) atoms. The van der Waals surface area contributed by atoms with Crippen molar-refractivity contribution in [1.29, 1.82) is 0 Å². The summed E-state index contributed by atoms with van der Waals surface area (Å²) >= 11 is 0. The van der Waals surface area contributed by atoms with Crippen molar-refractivity contribution in [3.63, 3.8) is 0 Å². The molecule has 2 atom stereocenters. The fourth-order valence-electron chi connectivity index (χ4n) is 5.60. The van der Waals surface area contributed by atoms with Crippen LogP contribution in [0, 0.1) is 0 Å². The van der Waals surface area contributed by atoms with E-state index in [4.69, 9.17) is 9.47 Å². The van der Waals surface area contributed by atoms with E-state index in [0.717, 1.165) is 0 Å². The lowest BCUT2D eigenvalue weighted by Gasteiger charge is -2.31. The molecule has 10 nitrogen and oxygen atoms in total. The third kappa shape index (κ3) is 5.71. The van der Waals surface area contributed by atoms with Gasteiger partial charge in [0.05, 0.1) is 30.3 Å². The van der Waals surface area contributed by atoms with Crippen LogP contribution in [0.25, 0.3) is 16.9 Å². The first-order chi connectivity index (χ1) is 19.4. The molecule has 0 radical (unpaired) electrons. The number of nitrogens with zero attached hydrogens (tertiary/aromatic N) is 5. The SMILES string of the molecule is O=C(N[C@H]1CC[C@H](Oc2cc(-n3c(C(F)F)nc4ccccc43)nc(N3CCOCC3)n2)CC1)[C@@H]1C[C@@H](F)CN1. The molecule has 1 amide bonds. The van der Waals surface area contributed by atoms with E-state index < -0.39 is 24.5 Å². The Balaban J connectivity index is 1.22. The zero-order chi connectivity index (χ0) is 27.6. The lowest BCUT2D eigenvalue weighted by molar-refractivity contribution is -0.123. The van der Waals surface area contributed by atoms with Crippen LogP contribution in [0.2, 0.25) is 0 Å². The summed E-state index contributed by atoms with van der Waals surface area (Å²) in [6.45, 7) is 2.37. The number of halogens is 3. The summed E-state index contributed by atoms with van der Waals surface area (Å²) in [5.41, 5.74) is 0.962. The number of hydrogen-bond donors (Lipinski definition) is 2. The highest BCUT2D eigenvalue weighted by molar-refractivity contribution is 5.82. The summed E-state index contributed by atoms with van der Waals surface area (Å²) in [6.07, 6.45) is -0.991. The molecule has 2 N–H and O–H groups in total. The van der Waals surface area contributed by atoms with Crippen LogP contribution in [0.4, 0.5) is 19.1 Å². The number of amides is 1. The minimum Gasteiger partial charge on any atom is -0.474 e. The van der Waals surface area contributed by atoms with Crippen LogP contribution in [-0.2, 0) is 9.53 Å². The van der Waals surface area contributed by atoms with Crippen molar-refractivity contribution in [2.45, 2.75) is 62.9 Å². The topological polar surface area (TPSA) is 106 Å². The number of imidazole rings is 1. The molecule has 0 unspecified atom stereocenters. The van der Waals surface area contributed by atoms with Crippen molar-refractivity contribution in [1.82, 2.24) is 30.2 Å². The number of morpholine rings is 1. The molecule has 3 aliphatic rings. The maximum Gasteiger partial charge on any atom is 0.296 e. The van der Waals surface area contributed by atoms with E-state index in [0.29, 0.717) is 74.8 Å². The summed E-state index contributed by atoms with van der Waals surface area (Å²) in [4.78, 5) is 27.9. The van der Waals surface area contributed by atoms with Gasteiger partial charge >= 0.3 is 0 Å². The maximum atomic E-state index is 14.1. The molecule has 13 heteroatoms. The number of nitrogens with one attached hydrogen (secondary N) is 2. The van der Waals surface area contributed by atoms with Gasteiger partial charge in [-0.15, -0.1) is 0 Å². The maximum absolute atomic E-state index is 14.1. The average molecular weight is 560 g/mol. The van der Waals surface area contributed by atoms with E-state index in [1.54, 1.807) is 30.3 Å². The van der Waals surface area contributed by atoms with Gasteiger partial charge in [0.1, 0.15) is 18.1 Å². The Morgan fingerprint density at radius 1 is 1.10 bits per heavy atom. The number of carbonyl (C=O) groups is 1. The third-order valence-corrected chi connectivity index (χ3v) is 7.68. The van der Waals surface area contributed by atoms with Crippen molar-refractivity contribution in [2.75, 3.05) is 37.7 Å². The van der Waals surface area contributed by atoms with Gasteiger partial charge < -0.3 is 25.0 Å². The minimum atomic E-state index is -2.81. The first-order valence-electron chi connectivity index (χ1n) is 13.8. The van der Waals surface area contributed by atoms with E-state index in [9.17, 15) is 18.0 Å². The summed E-state index contributed by atoms with van der Waals surface area (Å²) in [6, 6.07) is 8.03. The van der Waals surface area contributed by atoms with Crippen LogP contribution >= 0.6 is 0 Å². The monoisotopic (exact) mass is 559 g/mol. The van der Waals surface area contributed by atoms with Crippen molar-refractivity contribution < 1.29 is 27.4 Å². The van der Waals surface area contributed by atoms with Crippen molar-refractivity contribution in [3.05, 3.63) is 36.2 Å². The predicted octanol–water partition coefficient (Wildman–Crippen LogP) is 3.10. The summed E-state index contributed by atoms with van der Waals surface area (Å²) in [5.74, 6) is 0.367. The molecular weight excluding hydrogens is 527 g/mol. The van der Waals surface area contributed by atoms with E-state index in [-0.39, 0.29) is 36.8 Å². The second-order valence-electron chi connectivity index (χ2n) is 10.5. The lowest BCUT2D eigenvalue weighted by Crippen LogP contribution is -2.47. The van der Waals surface area contributed by atoms with Gasteiger partial charge in [-0.2, -0.15) is 9.97 Å². The van der Waals surface area contributed by atoms with Crippen LogP contribution in [0.3, 0.4) is 0 Å². The molecule has 1 saturated carbocycles. The Labute approximate surface area is 229 Å². The third-order valence-electron chi connectivity index (χ3n) is 7.68. The molecule has 0 spiro atoms. The van der Waals surface area contributed by atoms with Crippen molar-refractivity contribution in [2.24, 2.45) is 0 Å². The van der Waals surface area contributed by atoms with Crippen LogP contribution in [0.5, 0.6) is 5.88 Å². The highest BCUT2D eigenvalue weighted by atomic mass is 19.3. The van der Waals surface area contributed by atoms with E-state index in [1.807, 2.05) is 4.90 Å². The van der Waals surface area contributed by atoms with E-state index >= 15 is 0 Å². The van der Waals surface area contributed by atoms with Crippen LogP contribution in [0.15, 0.2) is 30.3 Å². The zero-order valence-electron chi connectivity index (χ0n) is 21.9. The Morgan fingerprint density at radius 2 is 1.88 bits per heavy atom. The average Bonchev–Trinajstić information content (AvgIpc) is 3.58. The van der Waals surface area contributed by atoms with Gasteiger partial charge in [-0.25, -0.2) is 18.2 Å². The summed E-state index contributed by atoms with van der Waals surface area (Å²) in [7, 11) is 0. The number of carbonyl (C=O) groups excluding carboxylic acids is 1. The zero-order valence-corrected chi connectivity index (χ0v) is 21.9. The number of anilines is 1. The molecule has 2 aliphatic heterocycles. The predicted molar refractivity (Wildman–Crippen MR) is 141 cm³/mol. The first kappa shape index (κ1) is 26.8. The number of ether oxygens (including phenoxy) is 2. The highest BCUT2D eigenvalue weighted by Gasteiger charge is 2.32. The normalized spacial score (nSPS) is 25.4. The second-order valence-corrected chi connectivity index (χ2v) is 10.5. The largest absolute Gasteiger partial charge is 0.474 e. The lowest BCUT2D eigenvalue weighted by atomic mass is 9.92. The van der Waals surface area contributed by atoms with Crippen LogP contribution in [0.1, 0.15) is 44.4 Å². The molecule has 3 aromatic rings. The Morgan fingerprint density at radius 3 is 2.60 bits per heavy atom. The van der Waals surface area contributed by atoms with Gasteiger partial charge in [-0.05, 0) is 37.8 Å². The van der Waals surface area contributed by atoms with E-state index in [1.165, 1.54) is 4.57 Å². The van der Waals surface area contributed by atoms with Crippen LogP contribution in [-0.4, -0.2) is 82.6 Å². The van der Waals surface area contributed by atoms with Gasteiger partial charge in [0.2, 0.25) is 17.7 Å². The number of fused-ring (bicyclic) bond motifs is 1. The van der Waals surface area contributed by atoms with Gasteiger partial charge in [0, 0.05) is 38.2 Å².